The van der Waals surface area contributed by atoms with Crippen LogP contribution in [0.25, 0.3) is 31.7 Å². The number of hydrogen-bond donors (Lipinski definition) is 0. The number of ether oxygens (including phenoxy) is 1. The summed E-state index contributed by atoms with van der Waals surface area (Å²) in [6, 6.07) is 10.3. The first kappa shape index (κ1) is 16.1. The van der Waals surface area contributed by atoms with E-state index >= 15 is 0 Å². The lowest BCUT2D eigenvalue weighted by atomic mass is 9.88. The van der Waals surface area contributed by atoms with Crippen LogP contribution in [-0.2, 0) is 17.8 Å². The number of thiophene rings is 1. The molecule has 0 amide bonds. The van der Waals surface area contributed by atoms with E-state index in [1.54, 1.807) is 11.3 Å². The van der Waals surface area contributed by atoms with Gasteiger partial charge in [0, 0.05) is 22.9 Å². The maximum absolute atomic E-state index is 6.33. The maximum atomic E-state index is 6.33. The largest absolute Gasteiger partial charge is 0.370 e. The lowest BCUT2D eigenvalue weighted by Gasteiger charge is -2.33. The fourth-order valence-electron chi connectivity index (χ4n) is 3.61. The highest BCUT2D eigenvalue weighted by Crippen LogP contribution is 2.43. The van der Waals surface area contributed by atoms with E-state index in [9.17, 15) is 0 Å². The molecule has 3 aromatic heterocycles. The van der Waals surface area contributed by atoms with Gasteiger partial charge >= 0.3 is 0 Å². The maximum Gasteiger partial charge on any atom is 0.150 e. The summed E-state index contributed by atoms with van der Waals surface area (Å²) in [6.45, 7) is 4.80. The van der Waals surface area contributed by atoms with Crippen LogP contribution in [0, 0.1) is 0 Å². The monoisotopic (exact) mass is 381 g/mol. The molecule has 0 spiro atoms. The Balaban J connectivity index is 1.92. The minimum atomic E-state index is -0.222. The van der Waals surface area contributed by atoms with Crippen LogP contribution >= 0.6 is 22.9 Å². The molecule has 0 aliphatic carbocycles. The summed E-state index contributed by atoms with van der Waals surface area (Å²) >= 11 is 7.89. The van der Waals surface area contributed by atoms with E-state index in [0.29, 0.717) is 11.8 Å². The highest BCUT2D eigenvalue weighted by Gasteiger charge is 2.31. The standard InChI is InChI=1S/C20H16ClN3OS/c1-20(2)8-12-13(9-25-20)15(11-6-4-3-5-7-11)24-19-14(12)16-17(26-19)18(21)23-10-22-16/h3-7,10H,8-9H2,1-2H3. The quantitative estimate of drug-likeness (QED) is 0.413. The van der Waals surface area contributed by atoms with Gasteiger partial charge in [0.2, 0.25) is 0 Å². The molecule has 5 rings (SSSR count). The fraction of sp³-hybridized carbons (Fsp3) is 0.250. The second-order valence-electron chi connectivity index (χ2n) is 7.13. The van der Waals surface area contributed by atoms with Crippen molar-refractivity contribution in [2.24, 2.45) is 0 Å². The van der Waals surface area contributed by atoms with Crippen LogP contribution in [0.15, 0.2) is 36.7 Å². The molecule has 130 valence electrons. The van der Waals surface area contributed by atoms with Crippen LogP contribution in [0.4, 0.5) is 0 Å². The zero-order chi connectivity index (χ0) is 17.9. The molecule has 0 N–H and O–H groups in total. The number of hydrogen-bond acceptors (Lipinski definition) is 5. The third-order valence-corrected chi connectivity index (χ3v) is 6.31. The first-order valence-electron chi connectivity index (χ1n) is 8.47. The van der Waals surface area contributed by atoms with E-state index in [0.717, 1.165) is 43.7 Å². The summed E-state index contributed by atoms with van der Waals surface area (Å²) in [4.78, 5) is 14.6. The second kappa shape index (κ2) is 5.71. The number of nitrogens with zero attached hydrogens (tertiary/aromatic N) is 3. The van der Waals surface area contributed by atoms with Crippen LogP contribution in [0.5, 0.6) is 0 Å². The van der Waals surface area contributed by atoms with Crippen LogP contribution in [-0.4, -0.2) is 20.6 Å². The van der Waals surface area contributed by atoms with Crippen molar-refractivity contribution in [3.63, 3.8) is 0 Å². The smallest absolute Gasteiger partial charge is 0.150 e. The normalized spacial score (nSPS) is 16.1. The van der Waals surface area contributed by atoms with Crippen molar-refractivity contribution in [3.8, 4) is 11.3 Å². The van der Waals surface area contributed by atoms with Crippen molar-refractivity contribution in [1.29, 1.82) is 0 Å². The summed E-state index contributed by atoms with van der Waals surface area (Å²) in [7, 11) is 0. The fourth-order valence-corrected chi connectivity index (χ4v) is 4.90. The lowest BCUT2D eigenvalue weighted by molar-refractivity contribution is -0.0394. The van der Waals surface area contributed by atoms with E-state index in [1.165, 1.54) is 11.9 Å². The Morgan fingerprint density at radius 3 is 2.73 bits per heavy atom. The van der Waals surface area contributed by atoms with Gasteiger partial charge in [0.25, 0.3) is 0 Å². The summed E-state index contributed by atoms with van der Waals surface area (Å²) in [6.07, 6.45) is 2.34. The van der Waals surface area contributed by atoms with Gasteiger partial charge in [-0.1, -0.05) is 41.9 Å². The Labute approximate surface area is 159 Å². The highest BCUT2D eigenvalue weighted by atomic mass is 35.5. The average Bonchev–Trinajstić information content (AvgIpc) is 3.01. The predicted octanol–water partition coefficient (Wildman–Crippen LogP) is 5.41. The van der Waals surface area contributed by atoms with Crippen molar-refractivity contribution in [2.75, 3.05) is 0 Å². The molecule has 1 aromatic carbocycles. The number of pyridine rings is 1. The molecule has 1 aliphatic rings. The summed E-state index contributed by atoms with van der Waals surface area (Å²) < 4.78 is 7.02. The van der Waals surface area contributed by atoms with Gasteiger partial charge in [0.05, 0.1) is 28.1 Å². The molecule has 0 radical (unpaired) electrons. The Bertz CT molecular complexity index is 1150. The molecule has 0 unspecified atom stereocenters. The Hall–Kier alpha value is -2.08. The number of fused-ring (bicyclic) bond motifs is 5. The third kappa shape index (κ3) is 2.42. The molecule has 0 saturated heterocycles. The molecular formula is C20H16ClN3OS. The minimum Gasteiger partial charge on any atom is -0.370 e. The number of aromatic nitrogens is 3. The molecule has 4 heterocycles. The Morgan fingerprint density at radius 1 is 1.12 bits per heavy atom. The molecule has 1 aliphatic heterocycles. The first-order valence-corrected chi connectivity index (χ1v) is 9.67. The van der Waals surface area contributed by atoms with Gasteiger partial charge in [-0.15, -0.1) is 11.3 Å². The second-order valence-corrected chi connectivity index (χ2v) is 8.49. The zero-order valence-corrected chi connectivity index (χ0v) is 16.0. The Morgan fingerprint density at radius 2 is 1.92 bits per heavy atom. The molecule has 0 atom stereocenters. The van der Waals surface area contributed by atoms with Gasteiger partial charge in [-0.25, -0.2) is 15.0 Å². The number of halogens is 1. The van der Waals surface area contributed by atoms with E-state index < -0.39 is 0 Å². The van der Waals surface area contributed by atoms with Crippen molar-refractivity contribution in [1.82, 2.24) is 15.0 Å². The van der Waals surface area contributed by atoms with Crippen molar-refractivity contribution < 1.29 is 4.74 Å². The third-order valence-electron chi connectivity index (χ3n) is 4.83. The molecule has 4 nitrogen and oxygen atoms in total. The number of benzene rings is 1. The van der Waals surface area contributed by atoms with Crippen LogP contribution < -0.4 is 0 Å². The van der Waals surface area contributed by atoms with Gasteiger partial charge in [-0.05, 0) is 19.4 Å². The average molecular weight is 382 g/mol. The van der Waals surface area contributed by atoms with Crippen LogP contribution in [0.1, 0.15) is 25.0 Å². The summed E-state index contributed by atoms with van der Waals surface area (Å²) in [5.74, 6) is 0. The van der Waals surface area contributed by atoms with E-state index in [2.05, 4.69) is 35.9 Å². The van der Waals surface area contributed by atoms with Crippen molar-refractivity contribution >= 4 is 43.4 Å². The minimum absolute atomic E-state index is 0.222. The van der Waals surface area contributed by atoms with E-state index in [-0.39, 0.29) is 5.60 Å². The topological polar surface area (TPSA) is 47.9 Å². The van der Waals surface area contributed by atoms with E-state index in [1.807, 2.05) is 18.2 Å². The molecule has 26 heavy (non-hydrogen) atoms. The first-order chi connectivity index (χ1) is 12.5. The Kier molecular flexibility index (Phi) is 3.54. The van der Waals surface area contributed by atoms with Gasteiger partial charge in [0.1, 0.15) is 16.3 Å². The molecule has 6 heteroatoms. The predicted molar refractivity (Wildman–Crippen MR) is 106 cm³/mol. The highest BCUT2D eigenvalue weighted by molar-refractivity contribution is 7.26. The summed E-state index contributed by atoms with van der Waals surface area (Å²) in [5, 5.41) is 1.58. The molecule has 4 aromatic rings. The van der Waals surface area contributed by atoms with Gasteiger partial charge < -0.3 is 4.74 Å². The lowest BCUT2D eigenvalue weighted by Crippen LogP contribution is -2.32. The van der Waals surface area contributed by atoms with E-state index in [4.69, 9.17) is 21.3 Å². The van der Waals surface area contributed by atoms with Crippen molar-refractivity contribution in [3.05, 3.63) is 52.9 Å². The SMILES string of the molecule is CC1(C)Cc2c(c(-c3ccccc3)nc3sc4c(Cl)ncnc4c23)CO1. The van der Waals surface area contributed by atoms with Gasteiger partial charge in [0.15, 0.2) is 0 Å². The van der Waals surface area contributed by atoms with Crippen LogP contribution in [0.3, 0.4) is 0 Å². The molecule has 0 bridgehead atoms. The van der Waals surface area contributed by atoms with Gasteiger partial charge in [-0.2, -0.15) is 0 Å². The van der Waals surface area contributed by atoms with Crippen LogP contribution in [0.2, 0.25) is 5.15 Å². The summed E-state index contributed by atoms with van der Waals surface area (Å²) in [5.41, 5.74) is 5.18. The zero-order valence-electron chi connectivity index (χ0n) is 14.4. The molecular weight excluding hydrogens is 366 g/mol. The van der Waals surface area contributed by atoms with Gasteiger partial charge in [-0.3, -0.25) is 0 Å². The molecule has 0 saturated carbocycles. The van der Waals surface area contributed by atoms with Crippen molar-refractivity contribution in [2.45, 2.75) is 32.5 Å². The molecule has 0 fully saturated rings. The number of rotatable bonds is 1.